The van der Waals surface area contributed by atoms with Crippen LogP contribution in [0.25, 0.3) is 0 Å². The van der Waals surface area contributed by atoms with Gasteiger partial charge in [0.05, 0.1) is 0 Å². The summed E-state index contributed by atoms with van der Waals surface area (Å²) >= 11 is 0. The van der Waals surface area contributed by atoms with Gasteiger partial charge in [-0.15, -0.1) is 0 Å². The fourth-order valence-corrected chi connectivity index (χ4v) is 4.21. The van der Waals surface area contributed by atoms with E-state index in [1.807, 2.05) is 49.4 Å². The van der Waals surface area contributed by atoms with Gasteiger partial charge < -0.3 is 4.74 Å². The summed E-state index contributed by atoms with van der Waals surface area (Å²) in [7, 11) is -1.66. The topological polar surface area (TPSA) is 38.3 Å². The van der Waals surface area contributed by atoms with Gasteiger partial charge in [-0.05, 0) is 19.1 Å². The first-order valence-electron chi connectivity index (χ1n) is 7.75. The number of ether oxygens (including phenoxy) is 1. The van der Waals surface area contributed by atoms with Gasteiger partial charge in [-0.1, -0.05) is 78.6 Å². The third-order valence-corrected chi connectivity index (χ3v) is 6.46. The molecule has 3 nitrogen and oxygen atoms in total. The van der Waals surface area contributed by atoms with Crippen LogP contribution in [-0.2, 0) is 4.74 Å². The molecule has 0 saturated heterocycles. The number of hydrogen-bond donors (Lipinski definition) is 1. The average Bonchev–Trinajstić information content (AvgIpc) is 2.55. The van der Waals surface area contributed by atoms with Crippen LogP contribution >= 0.6 is 0 Å². The maximum atomic E-state index is 11.9. The highest BCUT2D eigenvalue weighted by Gasteiger charge is 2.19. The zero-order chi connectivity index (χ0) is 16.7. The van der Waals surface area contributed by atoms with Crippen LogP contribution in [-0.4, -0.2) is 20.3 Å². The molecule has 0 spiro atoms. The van der Waals surface area contributed by atoms with E-state index in [0.717, 1.165) is 5.69 Å². The molecule has 0 heterocycles. The molecular formula is C19H23NO2Si. The predicted molar refractivity (Wildman–Crippen MR) is 98.7 cm³/mol. The van der Waals surface area contributed by atoms with Crippen LogP contribution in [0, 0.1) is 0 Å². The van der Waals surface area contributed by atoms with E-state index in [4.69, 9.17) is 4.74 Å². The number of hydrogen-bond acceptors (Lipinski definition) is 2. The molecule has 1 amide bonds. The lowest BCUT2D eigenvalue weighted by molar-refractivity contribution is 0.142. The van der Waals surface area contributed by atoms with Crippen LogP contribution in [0.3, 0.4) is 0 Å². The summed E-state index contributed by atoms with van der Waals surface area (Å²) in [6, 6.07) is 19.8. The normalized spacial score (nSPS) is 12.8. The quantitative estimate of drug-likeness (QED) is 0.831. The van der Waals surface area contributed by atoms with Gasteiger partial charge in [-0.25, -0.2) is 4.79 Å². The van der Waals surface area contributed by atoms with E-state index in [2.05, 4.69) is 48.4 Å². The van der Waals surface area contributed by atoms with Crippen molar-refractivity contribution in [2.45, 2.75) is 26.1 Å². The van der Waals surface area contributed by atoms with Crippen molar-refractivity contribution in [3.8, 4) is 0 Å². The molecule has 0 radical (unpaired) electrons. The Morgan fingerprint density at radius 3 is 2.22 bits per heavy atom. The third kappa shape index (κ3) is 5.42. The Morgan fingerprint density at radius 2 is 1.61 bits per heavy atom. The Kier molecular flexibility index (Phi) is 5.76. The Bertz CT molecular complexity index is 654. The monoisotopic (exact) mass is 325 g/mol. The maximum Gasteiger partial charge on any atom is 0.412 e. The Balaban J connectivity index is 1.91. The summed E-state index contributed by atoms with van der Waals surface area (Å²) in [4.78, 5) is 11.9. The van der Waals surface area contributed by atoms with E-state index in [1.54, 1.807) is 0 Å². The first-order valence-corrected chi connectivity index (χ1v) is 10.8. The summed E-state index contributed by atoms with van der Waals surface area (Å²) in [5.74, 6) is 0. The minimum atomic E-state index is -1.66. The second-order valence-corrected chi connectivity index (χ2v) is 10.4. The van der Waals surface area contributed by atoms with Gasteiger partial charge in [0, 0.05) is 5.69 Å². The number of carbonyl (C=O) groups is 1. The number of amides is 1. The summed E-state index contributed by atoms with van der Waals surface area (Å²) in [5.41, 5.74) is 2.94. The van der Waals surface area contributed by atoms with Crippen LogP contribution in [0.15, 0.2) is 72.4 Å². The molecule has 2 aromatic rings. The van der Waals surface area contributed by atoms with Crippen LogP contribution in [0.4, 0.5) is 10.5 Å². The zero-order valence-corrected chi connectivity index (χ0v) is 14.8. The lowest BCUT2D eigenvalue weighted by Crippen LogP contribution is -2.39. The van der Waals surface area contributed by atoms with E-state index in [9.17, 15) is 4.79 Å². The number of benzene rings is 2. The molecule has 4 heteroatoms. The summed E-state index contributed by atoms with van der Waals surface area (Å²) < 4.78 is 5.37. The van der Waals surface area contributed by atoms with E-state index in [-0.39, 0.29) is 6.10 Å². The van der Waals surface area contributed by atoms with E-state index >= 15 is 0 Å². The number of nitrogens with one attached hydrogen (secondary N) is 1. The molecule has 0 unspecified atom stereocenters. The van der Waals surface area contributed by atoms with Crippen molar-refractivity contribution in [1.29, 1.82) is 0 Å². The minimum Gasteiger partial charge on any atom is -0.442 e. The van der Waals surface area contributed by atoms with Gasteiger partial charge in [0.15, 0.2) is 0 Å². The SMILES string of the molecule is C[C@@H](/C=C/[Si](C)(C)c1ccccc1)OC(=O)Nc1ccccc1. The summed E-state index contributed by atoms with van der Waals surface area (Å²) in [6.07, 6.45) is 1.27. The van der Waals surface area contributed by atoms with Crippen LogP contribution in [0.2, 0.25) is 13.1 Å². The standard InChI is InChI=1S/C19H23NO2Si/c1-16(22-19(21)20-17-10-6-4-7-11-17)14-15-23(2,3)18-12-8-5-9-13-18/h4-16H,1-3H3,(H,20,21)/b15-14+/t16-/m0/s1. The van der Waals surface area contributed by atoms with Crippen LogP contribution < -0.4 is 10.5 Å². The van der Waals surface area contributed by atoms with E-state index in [0.29, 0.717) is 0 Å². The first-order chi connectivity index (χ1) is 11.0. The third-order valence-electron chi connectivity index (χ3n) is 3.61. The lowest BCUT2D eigenvalue weighted by atomic mass is 10.3. The van der Waals surface area contributed by atoms with Crippen molar-refractivity contribution in [3.05, 3.63) is 72.4 Å². The van der Waals surface area contributed by atoms with Crippen LogP contribution in [0.1, 0.15) is 6.92 Å². The molecule has 120 valence electrons. The molecule has 0 aliphatic heterocycles. The fourth-order valence-electron chi connectivity index (χ4n) is 2.22. The van der Waals surface area contributed by atoms with Crippen LogP contribution in [0.5, 0.6) is 0 Å². The Morgan fingerprint density at radius 1 is 1.04 bits per heavy atom. The molecule has 0 aromatic heterocycles. The van der Waals surface area contributed by atoms with Crippen molar-refractivity contribution in [3.63, 3.8) is 0 Å². The number of para-hydroxylation sites is 1. The van der Waals surface area contributed by atoms with Gasteiger partial charge in [-0.2, -0.15) is 0 Å². The summed E-state index contributed by atoms with van der Waals surface area (Å²) in [6.45, 7) is 6.42. The molecule has 0 fully saturated rings. The molecule has 0 aliphatic rings. The van der Waals surface area contributed by atoms with Crippen molar-refractivity contribution >= 4 is 25.0 Å². The predicted octanol–water partition coefficient (Wildman–Crippen LogP) is 4.33. The fraction of sp³-hybridized carbons (Fsp3) is 0.211. The lowest BCUT2D eigenvalue weighted by Gasteiger charge is -2.19. The number of rotatable bonds is 5. The molecule has 2 aromatic carbocycles. The van der Waals surface area contributed by atoms with Gasteiger partial charge in [0.25, 0.3) is 0 Å². The van der Waals surface area contributed by atoms with Gasteiger partial charge >= 0.3 is 6.09 Å². The highest BCUT2D eigenvalue weighted by atomic mass is 28.3. The number of anilines is 1. The zero-order valence-electron chi connectivity index (χ0n) is 13.8. The molecule has 2 rings (SSSR count). The van der Waals surface area contributed by atoms with Gasteiger partial charge in [0.2, 0.25) is 0 Å². The Labute approximate surface area is 139 Å². The minimum absolute atomic E-state index is 0.269. The number of carbonyl (C=O) groups excluding carboxylic acids is 1. The van der Waals surface area contributed by atoms with Crippen molar-refractivity contribution in [2.24, 2.45) is 0 Å². The van der Waals surface area contributed by atoms with E-state index in [1.165, 1.54) is 5.19 Å². The second kappa shape index (κ2) is 7.79. The largest absolute Gasteiger partial charge is 0.442 e. The molecule has 0 saturated carbocycles. The highest BCUT2D eigenvalue weighted by Crippen LogP contribution is 2.09. The smallest absolute Gasteiger partial charge is 0.412 e. The maximum absolute atomic E-state index is 11.9. The summed E-state index contributed by atoms with van der Waals surface area (Å²) in [5, 5.41) is 4.08. The molecule has 0 bridgehead atoms. The van der Waals surface area contributed by atoms with Crippen molar-refractivity contribution in [2.75, 3.05) is 5.32 Å². The highest BCUT2D eigenvalue weighted by molar-refractivity contribution is 6.93. The van der Waals surface area contributed by atoms with Gasteiger partial charge in [0.1, 0.15) is 14.2 Å². The molecular weight excluding hydrogens is 302 g/mol. The first kappa shape index (κ1) is 17.0. The van der Waals surface area contributed by atoms with Crippen molar-refractivity contribution in [1.82, 2.24) is 0 Å². The van der Waals surface area contributed by atoms with Crippen molar-refractivity contribution < 1.29 is 9.53 Å². The van der Waals surface area contributed by atoms with Gasteiger partial charge in [-0.3, -0.25) is 5.32 Å². The Hall–Kier alpha value is -2.33. The molecule has 0 aliphatic carbocycles. The molecule has 1 atom stereocenters. The molecule has 1 N–H and O–H groups in total. The molecule has 23 heavy (non-hydrogen) atoms. The average molecular weight is 325 g/mol. The van der Waals surface area contributed by atoms with E-state index < -0.39 is 14.2 Å². The second-order valence-electron chi connectivity index (χ2n) is 6.05.